The highest BCUT2D eigenvalue weighted by atomic mass is 19.1. The number of benzene rings is 2. The molecule has 2 aromatic carbocycles. The van der Waals surface area contributed by atoms with E-state index in [1.165, 1.54) is 12.1 Å². The highest BCUT2D eigenvalue weighted by molar-refractivity contribution is 5.95. The van der Waals surface area contributed by atoms with E-state index in [0.717, 1.165) is 36.1 Å². The Balaban J connectivity index is 2.05. The maximum atomic E-state index is 13.0. The largest absolute Gasteiger partial charge is 0.349 e. The number of nitrogens with one attached hydrogen (secondary N) is 2. The predicted molar refractivity (Wildman–Crippen MR) is 95.7 cm³/mol. The lowest BCUT2D eigenvalue weighted by Crippen LogP contribution is -2.36. The third-order valence-corrected chi connectivity index (χ3v) is 4.13. The van der Waals surface area contributed by atoms with Crippen molar-refractivity contribution in [3.8, 4) is 0 Å². The van der Waals surface area contributed by atoms with Crippen molar-refractivity contribution in [2.45, 2.75) is 32.2 Å². The second-order valence-electron chi connectivity index (χ2n) is 5.92. The van der Waals surface area contributed by atoms with Crippen LogP contribution in [0.4, 0.5) is 4.39 Å². The average molecular weight is 328 g/mol. The fraction of sp³-hybridized carbons (Fsp3) is 0.350. The predicted octanol–water partition coefficient (Wildman–Crippen LogP) is 3.34. The van der Waals surface area contributed by atoms with Gasteiger partial charge in [0.2, 0.25) is 0 Å². The number of hydrogen-bond donors (Lipinski definition) is 2. The second kappa shape index (κ2) is 9.18. The molecule has 0 fully saturated rings. The third-order valence-electron chi connectivity index (χ3n) is 4.13. The standard InChI is InChI=1S/C20H25FN2O/c1-3-18(14-15-8-10-17(21)11-9-15)23-20(24)19-7-5-4-6-16(19)12-13-22-2/h4-11,18,22H,3,12-14H2,1-2H3,(H,23,24). The lowest BCUT2D eigenvalue weighted by Gasteiger charge is -2.18. The molecule has 2 rings (SSSR count). The Morgan fingerprint density at radius 2 is 1.83 bits per heavy atom. The summed E-state index contributed by atoms with van der Waals surface area (Å²) in [6.45, 7) is 2.87. The first-order valence-electron chi connectivity index (χ1n) is 8.41. The van der Waals surface area contributed by atoms with Crippen molar-refractivity contribution < 1.29 is 9.18 Å². The van der Waals surface area contributed by atoms with Crippen LogP contribution in [-0.2, 0) is 12.8 Å². The summed E-state index contributed by atoms with van der Waals surface area (Å²) in [7, 11) is 1.90. The Morgan fingerprint density at radius 1 is 1.12 bits per heavy atom. The van der Waals surface area contributed by atoms with Gasteiger partial charge in [0.15, 0.2) is 0 Å². The van der Waals surface area contributed by atoms with Gasteiger partial charge in [0.25, 0.3) is 5.91 Å². The van der Waals surface area contributed by atoms with Gasteiger partial charge in [0.1, 0.15) is 5.82 Å². The number of likely N-dealkylation sites (N-methyl/N-ethyl adjacent to an activating group) is 1. The molecule has 0 aliphatic carbocycles. The second-order valence-corrected chi connectivity index (χ2v) is 5.92. The zero-order valence-corrected chi connectivity index (χ0v) is 14.3. The molecule has 0 heterocycles. The van der Waals surface area contributed by atoms with Crippen LogP contribution in [0.5, 0.6) is 0 Å². The molecule has 0 aliphatic rings. The van der Waals surface area contributed by atoms with Gasteiger partial charge in [0.05, 0.1) is 0 Å². The van der Waals surface area contributed by atoms with Crippen molar-refractivity contribution in [2.24, 2.45) is 0 Å². The Kier molecular flexibility index (Phi) is 6.94. The first kappa shape index (κ1) is 18.1. The van der Waals surface area contributed by atoms with Crippen molar-refractivity contribution in [3.05, 3.63) is 71.0 Å². The Labute approximate surface area is 143 Å². The molecule has 0 aliphatic heterocycles. The van der Waals surface area contributed by atoms with Crippen molar-refractivity contribution in [1.29, 1.82) is 0 Å². The fourth-order valence-corrected chi connectivity index (χ4v) is 2.69. The molecule has 128 valence electrons. The third kappa shape index (κ3) is 5.17. The molecular weight excluding hydrogens is 303 g/mol. The van der Waals surface area contributed by atoms with Crippen LogP contribution in [0.2, 0.25) is 0 Å². The minimum Gasteiger partial charge on any atom is -0.349 e. The molecule has 1 atom stereocenters. The van der Waals surface area contributed by atoms with Gasteiger partial charge >= 0.3 is 0 Å². The van der Waals surface area contributed by atoms with Crippen LogP contribution in [0.15, 0.2) is 48.5 Å². The summed E-state index contributed by atoms with van der Waals surface area (Å²) in [6.07, 6.45) is 2.33. The quantitative estimate of drug-likeness (QED) is 0.780. The minimum absolute atomic E-state index is 0.0281. The van der Waals surface area contributed by atoms with Gasteiger partial charge in [-0.25, -0.2) is 4.39 Å². The highest BCUT2D eigenvalue weighted by Crippen LogP contribution is 2.12. The molecule has 0 spiro atoms. The van der Waals surface area contributed by atoms with Crippen LogP contribution in [-0.4, -0.2) is 25.5 Å². The van der Waals surface area contributed by atoms with E-state index in [1.54, 1.807) is 12.1 Å². The summed E-state index contributed by atoms with van der Waals surface area (Å²) in [5.74, 6) is -0.287. The van der Waals surface area contributed by atoms with E-state index in [4.69, 9.17) is 0 Å². The van der Waals surface area contributed by atoms with Gasteiger partial charge < -0.3 is 10.6 Å². The highest BCUT2D eigenvalue weighted by Gasteiger charge is 2.15. The van der Waals surface area contributed by atoms with Crippen LogP contribution in [0.25, 0.3) is 0 Å². The molecule has 1 unspecified atom stereocenters. The fourth-order valence-electron chi connectivity index (χ4n) is 2.69. The van der Waals surface area contributed by atoms with Crippen molar-refractivity contribution in [2.75, 3.05) is 13.6 Å². The van der Waals surface area contributed by atoms with E-state index >= 15 is 0 Å². The Hall–Kier alpha value is -2.20. The smallest absolute Gasteiger partial charge is 0.251 e. The number of carbonyl (C=O) groups excluding carboxylic acids is 1. The molecule has 2 aromatic rings. The number of carbonyl (C=O) groups is 1. The molecular formula is C20H25FN2O. The monoisotopic (exact) mass is 328 g/mol. The zero-order chi connectivity index (χ0) is 17.4. The summed E-state index contributed by atoms with van der Waals surface area (Å²) in [6, 6.07) is 14.2. The van der Waals surface area contributed by atoms with Gasteiger partial charge in [-0.15, -0.1) is 0 Å². The molecule has 0 radical (unpaired) electrons. The van der Waals surface area contributed by atoms with E-state index in [1.807, 2.05) is 38.2 Å². The van der Waals surface area contributed by atoms with E-state index in [0.29, 0.717) is 6.42 Å². The molecule has 4 heteroatoms. The Morgan fingerprint density at radius 3 is 2.50 bits per heavy atom. The van der Waals surface area contributed by atoms with Gasteiger partial charge in [0, 0.05) is 11.6 Å². The molecule has 0 aromatic heterocycles. The Bertz CT molecular complexity index is 655. The topological polar surface area (TPSA) is 41.1 Å². The van der Waals surface area contributed by atoms with Crippen LogP contribution in [0.1, 0.15) is 34.8 Å². The molecule has 0 bridgehead atoms. The summed E-state index contributed by atoms with van der Waals surface area (Å²) in [5.41, 5.74) is 2.79. The van der Waals surface area contributed by atoms with Gasteiger partial charge in [-0.05, 0) is 62.2 Å². The maximum absolute atomic E-state index is 13.0. The average Bonchev–Trinajstić information content (AvgIpc) is 2.61. The minimum atomic E-state index is -0.241. The molecule has 0 saturated heterocycles. The maximum Gasteiger partial charge on any atom is 0.251 e. The summed E-state index contributed by atoms with van der Waals surface area (Å²) in [4.78, 5) is 12.7. The van der Waals surface area contributed by atoms with Gasteiger partial charge in [-0.3, -0.25) is 4.79 Å². The van der Waals surface area contributed by atoms with Crippen LogP contribution < -0.4 is 10.6 Å². The van der Waals surface area contributed by atoms with Crippen LogP contribution >= 0.6 is 0 Å². The first-order valence-corrected chi connectivity index (χ1v) is 8.41. The van der Waals surface area contributed by atoms with Gasteiger partial charge in [-0.2, -0.15) is 0 Å². The molecule has 24 heavy (non-hydrogen) atoms. The molecule has 0 saturated carbocycles. The number of amides is 1. The van der Waals surface area contributed by atoms with Crippen LogP contribution in [0.3, 0.4) is 0 Å². The van der Waals surface area contributed by atoms with Crippen molar-refractivity contribution in [3.63, 3.8) is 0 Å². The summed E-state index contributed by atoms with van der Waals surface area (Å²) in [5, 5.41) is 6.22. The van der Waals surface area contributed by atoms with Gasteiger partial charge in [-0.1, -0.05) is 37.3 Å². The van der Waals surface area contributed by atoms with E-state index < -0.39 is 0 Å². The molecule has 2 N–H and O–H groups in total. The van der Waals surface area contributed by atoms with Crippen molar-refractivity contribution in [1.82, 2.24) is 10.6 Å². The first-order chi connectivity index (χ1) is 11.6. The van der Waals surface area contributed by atoms with E-state index in [-0.39, 0.29) is 17.8 Å². The summed E-state index contributed by atoms with van der Waals surface area (Å²) >= 11 is 0. The number of rotatable bonds is 8. The van der Waals surface area contributed by atoms with Crippen LogP contribution in [0, 0.1) is 5.82 Å². The van der Waals surface area contributed by atoms with Crippen molar-refractivity contribution >= 4 is 5.91 Å². The summed E-state index contributed by atoms with van der Waals surface area (Å²) < 4.78 is 13.0. The lowest BCUT2D eigenvalue weighted by molar-refractivity contribution is 0.0935. The SMILES string of the molecule is CCC(Cc1ccc(F)cc1)NC(=O)c1ccccc1CCNC. The van der Waals surface area contributed by atoms with E-state index in [2.05, 4.69) is 10.6 Å². The normalized spacial score (nSPS) is 12.0. The number of halogens is 1. The number of hydrogen-bond acceptors (Lipinski definition) is 2. The molecule has 3 nitrogen and oxygen atoms in total. The zero-order valence-electron chi connectivity index (χ0n) is 14.3. The molecule has 1 amide bonds. The van der Waals surface area contributed by atoms with E-state index in [9.17, 15) is 9.18 Å². The lowest BCUT2D eigenvalue weighted by atomic mass is 10.0.